The summed E-state index contributed by atoms with van der Waals surface area (Å²) in [6.45, 7) is 0.00357. The average Bonchev–Trinajstić information content (AvgIpc) is 2.90. The minimum atomic E-state index is -3.02. The van der Waals surface area contributed by atoms with Gasteiger partial charge in [0.15, 0.2) is 19.7 Å². The smallest absolute Gasteiger partial charge is 0.237 e. The first-order valence-electron chi connectivity index (χ1n) is 6.83. The molecular weight excluding hydrogens is 318 g/mol. The van der Waals surface area contributed by atoms with E-state index in [1.807, 2.05) is 0 Å². The molecule has 0 aromatic rings. The summed E-state index contributed by atoms with van der Waals surface area (Å²) < 4.78 is 45.4. The Morgan fingerprint density at radius 3 is 2.24 bits per heavy atom. The van der Waals surface area contributed by atoms with Crippen molar-refractivity contribution in [2.75, 3.05) is 36.6 Å². The van der Waals surface area contributed by atoms with E-state index in [2.05, 4.69) is 10.9 Å². The Morgan fingerprint density at radius 1 is 1.10 bits per heavy atom. The second-order valence-electron chi connectivity index (χ2n) is 5.66. The maximum atomic E-state index is 12.0. The van der Waals surface area contributed by atoms with E-state index >= 15 is 0 Å². The van der Waals surface area contributed by atoms with Crippen LogP contribution in [0, 0.1) is 0 Å². The van der Waals surface area contributed by atoms with Gasteiger partial charge in [0.2, 0.25) is 5.91 Å². The first-order valence-corrected chi connectivity index (χ1v) is 10.5. The highest BCUT2D eigenvalue weighted by atomic mass is 32.2. The third kappa shape index (κ3) is 4.63. The lowest BCUT2D eigenvalue weighted by Crippen LogP contribution is -2.48. The molecule has 0 aliphatic carbocycles. The Kier molecular flexibility index (Phi) is 4.91. The molecular formula is C11H21N3O5S2. The van der Waals surface area contributed by atoms with E-state index in [-0.39, 0.29) is 47.5 Å². The number of carbonyl (C=O) groups excluding carboxylic acids is 1. The van der Waals surface area contributed by atoms with Crippen LogP contribution in [0.2, 0.25) is 0 Å². The van der Waals surface area contributed by atoms with Crippen LogP contribution in [0.3, 0.4) is 0 Å². The summed E-state index contributed by atoms with van der Waals surface area (Å²) in [5.74, 6) is 0.167. The van der Waals surface area contributed by atoms with Crippen molar-refractivity contribution < 1.29 is 21.6 Å². The van der Waals surface area contributed by atoms with Gasteiger partial charge in [0.25, 0.3) is 0 Å². The van der Waals surface area contributed by atoms with Gasteiger partial charge >= 0.3 is 0 Å². The topological polar surface area (TPSA) is 113 Å². The Morgan fingerprint density at radius 2 is 1.71 bits per heavy atom. The second kappa shape index (κ2) is 6.19. The van der Waals surface area contributed by atoms with Crippen LogP contribution < -0.4 is 10.9 Å². The minimum absolute atomic E-state index is 0.00357. The first kappa shape index (κ1) is 16.7. The summed E-state index contributed by atoms with van der Waals surface area (Å²) in [6, 6.07) is -0.448. The lowest BCUT2D eigenvalue weighted by Gasteiger charge is -2.24. The van der Waals surface area contributed by atoms with Crippen LogP contribution in [0.4, 0.5) is 0 Å². The molecule has 0 aromatic carbocycles. The first-order chi connectivity index (χ1) is 9.69. The number of rotatable bonds is 5. The molecule has 2 saturated heterocycles. The fraction of sp³-hybridized carbons (Fsp3) is 0.909. The number of nitrogens with one attached hydrogen (secondary N) is 2. The molecule has 0 spiro atoms. The van der Waals surface area contributed by atoms with Crippen LogP contribution >= 0.6 is 0 Å². The van der Waals surface area contributed by atoms with E-state index in [9.17, 15) is 21.6 Å². The summed E-state index contributed by atoms with van der Waals surface area (Å²) in [5, 5.41) is 0. The van der Waals surface area contributed by atoms with Crippen molar-refractivity contribution in [3.63, 3.8) is 0 Å². The second-order valence-corrected chi connectivity index (χ2v) is 10.1. The number of likely N-dealkylation sites (N-methyl/N-ethyl adjacent to an activating group) is 1. The molecule has 0 bridgehead atoms. The zero-order chi connectivity index (χ0) is 15.7. The summed E-state index contributed by atoms with van der Waals surface area (Å²) in [6.07, 6.45) is 0.999. The van der Waals surface area contributed by atoms with Crippen molar-refractivity contribution in [1.29, 1.82) is 0 Å². The van der Waals surface area contributed by atoms with Gasteiger partial charge in [-0.15, -0.1) is 0 Å². The van der Waals surface area contributed by atoms with Crippen molar-refractivity contribution in [3.05, 3.63) is 0 Å². The fourth-order valence-electron chi connectivity index (χ4n) is 2.59. The zero-order valence-electron chi connectivity index (χ0n) is 11.9. The summed E-state index contributed by atoms with van der Waals surface area (Å²) in [4.78, 5) is 13.4. The predicted molar refractivity (Wildman–Crippen MR) is 78.0 cm³/mol. The van der Waals surface area contributed by atoms with Crippen molar-refractivity contribution in [3.8, 4) is 0 Å². The Labute approximate surface area is 125 Å². The molecule has 10 heteroatoms. The van der Waals surface area contributed by atoms with Gasteiger partial charge in [-0.1, -0.05) is 0 Å². The molecule has 2 aliphatic heterocycles. The number of nitrogens with zero attached hydrogens (tertiary/aromatic N) is 1. The number of hydrogen-bond acceptors (Lipinski definition) is 7. The number of carbonyl (C=O) groups is 1. The van der Waals surface area contributed by atoms with Crippen LogP contribution in [-0.4, -0.2) is 76.3 Å². The van der Waals surface area contributed by atoms with Crippen LogP contribution in [-0.2, 0) is 24.5 Å². The number of hydrogen-bond donors (Lipinski definition) is 2. The predicted octanol–water partition coefficient (Wildman–Crippen LogP) is -2.09. The molecule has 2 atom stereocenters. The van der Waals surface area contributed by atoms with Crippen molar-refractivity contribution in [1.82, 2.24) is 15.8 Å². The Bertz CT molecular complexity index is 601. The highest BCUT2D eigenvalue weighted by Gasteiger charge is 2.32. The third-order valence-electron chi connectivity index (χ3n) is 3.93. The molecule has 21 heavy (non-hydrogen) atoms. The van der Waals surface area contributed by atoms with Crippen molar-refractivity contribution in [2.45, 2.75) is 24.9 Å². The third-order valence-corrected chi connectivity index (χ3v) is 7.45. The van der Waals surface area contributed by atoms with Gasteiger partial charge in [0.1, 0.15) is 0 Å². The molecule has 2 aliphatic rings. The van der Waals surface area contributed by atoms with Gasteiger partial charge in [-0.05, 0) is 12.8 Å². The minimum Gasteiger partial charge on any atom is -0.341 e. The van der Waals surface area contributed by atoms with Crippen LogP contribution in [0.1, 0.15) is 12.8 Å². The molecule has 0 aromatic heterocycles. The molecule has 2 fully saturated rings. The van der Waals surface area contributed by atoms with Crippen molar-refractivity contribution >= 4 is 25.6 Å². The Hall–Kier alpha value is -0.710. The van der Waals surface area contributed by atoms with E-state index in [1.54, 1.807) is 7.05 Å². The summed E-state index contributed by atoms with van der Waals surface area (Å²) >= 11 is 0. The van der Waals surface area contributed by atoms with Gasteiger partial charge in [-0.2, -0.15) is 0 Å². The molecule has 2 N–H and O–H groups in total. The quantitative estimate of drug-likeness (QED) is 0.552. The van der Waals surface area contributed by atoms with Gasteiger partial charge < -0.3 is 4.90 Å². The molecule has 2 heterocycles. The maximum Gasteiger partial charge on any atom is 0.237 e. The van der Waals surface area contributed by atoms with E-state index < -0.39 is 19.7 Å². The fourth-order valence-corrected chi connectivity index (χ4v) is 6.04. The molecule has 122 valence electrons. The number of hydrazine groups is 1. The lowest BCUT2D eigenvalue weighted by atomic mass is 10.2. The average molecular weight is 339 g/mol. The SMILES string of the molecule is CN(C(=O)CNNC1CCS(=O)(=O)C1)C1CCS(=O)(=O)C1. The van der Waals surface area contributed by atoms with Crippen LogP contribution in [0.25, 0.3) is 0 Å². The zero-order valence-corrected chi connectivity index (χ0v) is 13.5. The highest BCUT2D eigenvalue weighted by molar-refractivity contribution is 7.91. The highest BCUT2D eigenvalue weighted by Crippen LogP contribution is 2.16. The van der Waals surface area contributed by atoms with E-state index in [1.165, 1.54) is 4.90 Å². The van der Waals surface area contributed by atoms with Gasteiger partial charge in [-0.3, -0.25) is 10.2 Å². The van der Waals surface area contributed by atoms with E-state index in [0.717, 1.165) is 0 Å². The van der Waals surface area contributed by atoms with E-state index in [4.69, 9.17) is 0 Å². The van der Waals surface area contributed by atoms with Gasteiger partial charge in [0.05, 0.1) is 29.6 Å². The number of sulfone groups is 2. The lowest BCUT2D eigenvalue weighted by molar-refractivity contribution is -0.130. The van der Waals surface area contributed by atoms with Gasteiger partial charge in [0, 0.05) is 19.1 Å². The van der Waals surface area contributed by atoms with E-state index in [0.29, 0.717) is 12.8 Å². The molecule has 2 rings (SSSR count). The maximum absolute atomic E-state index is 12.0. The number of amides is 1. The van der Waals surface area contributed by atoms with Gasteiger partial charge in [-0.25, -0.2) is 22.3 Å². The summed E-state index contributed by atoms with van der Waals surface area (Å²) in [7, 11) is -4.38. The Balaban J connectivity index is 1.72. The molecule has 0 radical (unpaired) electrons. The molecule has 8 nitrogen and oxygen atoms in total. The van der Waals surface area contributed by atoms with Crippen molar-refractivity contribution in [2.24, 2.45) is 0 Å². The normalized spacial score (nSPS) is 30.3. The molecule has 2 unspecified atom stereocenters. The van der Waals surface area contributed by atoms with Crippen LogP contribution in [0.5, 0.6) is 0 Å². The summed E-state index contributed by atoms with van der Waals surface area (Å²) in [5.41, 5.74) is 5.57. The largest absolute Gasteiger partial charge is 0.341 e. The van der Waals surface area contributed by atoms with Crippen LogP contribution in [0.15, 0.2) is 0 Å². The monoisotopic (exact) mass is 339 g/mol. The molecule has 0 saturated carbocycles. The standard InChI is InChI=1S/C11H21N3O5S2/c1-14(10-3-5-21(18,19)8-10)11(15)6-12-13-9-2-4-20(16,17)7-9/h9-10,12-13H,2-8H2,1H3. The molecule has 1 amide bonds.